The van der Waals surface area contributed by atoms with E-state index in [-0.39, 0.29) is 0 Å². The number of hydrogen-bond donors (Lipinski definition) is 1. The zero-order valence-electron chi connectivity index (χ0n) is 8.68. The molecule has 0 aliphatic carbocycles. The van der Waals surface area contributed by atoms with E-state index in [1.165, 1.54) is 6.33 Å². The number of furan rings is 1. The molecule has 80 valence electrons. The first kappa shape index (κ1) is 9.92. The number of nitrogens with zero attached hydrogens (tertiary/aromatic N) is 3. The molecule has 2 rings (SSSR count). The molecule has 0 spiro atoms. The fourth-order valence-electron chi connectivity index (χ4n) is 1.39. The van der Waals surface area contributed by atoms with Crippen molar-refractivity contribution in [3.05, 3.63) is 36.3 Å². The zero-order valence-corrected chi connectivity index (χ0v) is 8.68. The Morgan fingerprint density at radius 1 is 1.53 bits per heavy atom. The Bertz CT molecular complexity index is 393. The number of aromatic nitrogens is 3. The van der Waals surface area contributed by atoms with Crippen molar-refractivity contribution >= 4 is 0 Å². The highest BCUT2D eigenvalue weighted by molar-refractivity contribution is 5.16. The first-order valence-electron chi connectivity index (χ1n) is 4.98. The number of hydrogen-bond acceptors (Lipinski definition) is 4. The van der Waals surface area contributed by atoms with Gasteiger partial charge in [-0.1, -0.05) is 6.92 Å². The second-order valence-corrected chi connectivity index (χ2v) is 3.24. The van der Waals surface area contributed by atoms with Crippen LogP contribution in [0.5, 0.6) is 0 Å². The largest absolute Gasteiger partial charge is 0.468 e. The molecular formula is C10H14N4O. The van der Waals surface area contributed by atoms with Crippen molar-refractivity contribution in [2.75, 3.05) is 6.54 Å². The Morgan fingerprint density at radius 3 is 3.20 bits per heavy atom. The first-order chi connectivity index (χ1) is 7.40. The summed E-state index contributed by atoms with van der Waals surface area (Å²) in [5, 5.41) is 7.29. The van der Waals surface area contributed by atoms with Crippen molar-refractivity contribution in [3.8, 4) is 0 Å². The van der Waals surface area contributed by atoms with Crippen LogP contribution in [0.2, 0.25) is 0 Å². The second kappa shape index (κ2) is 4.75. The summed E-state index contributed by atoms with van der Waals surface area (Å²) < 4.78 is 7.17. The maximum atomic E-state index is 5.39. The van der Waals surface area contributed by atoms with Gasteiger partial charge in [0.05, 0.1) is 19.4 Å². The van der Waals surface area contributed by atoms with Gasteiger partial charge in [0, 0.05) is 5.56 Å². The predicted molar refractivity (Wildman–Crippen MR) is 55.2 cm³/mol. The van der Waals surface area contributed by atoms with Gasteiger partial charge in [0.2, 0.25) is 0 Å². The highest BCUT2D eigenvalue weighted by Gasteiger charge is 2.06. The Kier molecular flexibility index (Phi) is 3.14. The highest BCUT2D eigenvalue weighted by Crippen LogP contribution is 2.11. The minimum atomic E-state index is 0.706. The van der Waals surface area contributed by atoms with Crippen LogP contribution in [-0.4, -0.2) is 21.3 Å². The van der Waals surface area contributed by atoms with Crippen LogP contribution in [0.4, 0.5) is 0 Å². The summed E-state index contributed by atoms with van der Waals surface area (Å²) in [5.74, 6) is 0.965. The van der Waals surface area contributed by atoms with E-state index in [1.807, 2.05) is 6.07 Å². The van der Waals surface area contributed by atoms with E-state index >= 15 is 0 Å². The Labute approximate surface area is 88.1 Å². The van der Waals surface area contributed by atoms with Crippen LogP contribution in [0.25, 0.3) is 0 Å². The summed E-state index contributed by atoms with van der Waals surface area (Å²) in [5.41, 5.74) is 1.14. The molecule has 0 bridgehead atoms. The zero-order chi connectivity index (χ0) is 10.5. The smallest absolute Gasteiger partial charge is 0.137 e. The fourth-order valence-corrected chi connectivity index (χ4v) is 1.39. The Balaban J connectivity index is 2.04. The Morgan fingerprint density at radius 2 is 2.47 bits per heavy atom. The third kappa shape index (κ3) is 2.44. The van der Waals surface area contributed by atoms with Gasteiger partial charge < -0.3 is 9.73 Å². The minimum Gasteiger partial charge on any atom is -0.468 e. The lowest BCUT2D eigenvalue weighted by atomic mass is 10.2. The third-order valence-electron chi connectivity index (χ3n) is 2.17. The molecule has 2 aromatic rings. The summed E-state index contributed by atoms with van der Waals surface area (Å²) in [4.78, 5) is 3.90. The molecule has 1 N–H and O–H groups in total. The van der Waals surface area contributed by atoms with Crippen molar-refractivity contribution in [1.82, 2.24) is 20.1 Å². The quantitative estimate of drug-likeness (QED) is 0.793. The van der Waals surface area contributed by atoms with Crippen molar-refractivity contribution in [2.24, 2.45) is 0 Å². The molecule has 0 radical (unpaired) electrons. The van der Waals surface area contributed by atoms with Gasteiger partial charge in [-0.2, -0.15) is 5.10 Å². The van der Waals surface area contributed by atoms with Crippen LogP contribution in [0.15, 0.2) is 29.4 Å². The predicted octanol–water partition coefficient (Wildman–Crippen LogP) is 1.03. The van der Waals surface area contributed by atoms with Crippen molar-refractivity contribution in [2.45, 2.75) is 20.0 Å². The molecule has 15 heavy (non-hydrogen) atoms. The van der Waals surface area contributed by atoms with Gasteiger partial charge >= 0.3 is 0 Å². The lowest BCUT2D eigenvalue weighted by molar-refractivity contribution is 0.479. The van der Waals surface area contributed by atoms with Gasteiger partial charge in [-0.25, -0.2) is 9.67 Å². The molecule has 0 fully saturated rings. The van der Waals surface area contributed by atoms with E-state index < -0.39 is 0 Å². The van der Waals surface area contributed by atoms with E-state index in [9.17, 15) is 0 Å². The maximum Gasteiger partial charge on any atom is 0.137 e. The molecule has 0 unspecified atom stereocenters. The van der Waals surface area contributed by atoms with Gasteiger partial charge in [0.25, 0.3) is 0 Å². The van der Waals surface area contributed by atoms with Crippen LogP contribution in [-0.2, 0) is 13.1 Å². The summed E-state index contributed by atoms with van der Waals surface area (Å²) in [7, 11) is 0. The van der Waals surface area contributed by atoms with Crippen molar-refractivity contribution in [1.29, 1.82) is 0 Å². The molecular weight excluding hydrogens is 192 g/mol. The average Bonchev–Trinajstić information content (AvgIpc) is 2.87. The van der Waals surface area contributed by atoms with Crippen LogP contribution < -0.4 is 5.32 Å². The summed E-state index contributed by atoms with van der Waals surface area (Å²) in [6.07, 6.45) is 4.94. The molecule has 0 amide bonds. The maximum absolute atomic E-state index is 5.39. The van der Waals surface area contributed by atoms with Crippen LogP contribution >= 0.6 is 0 Å². The third-order valence-corrected chi connectivity index (χ3v) is 2.17. The molecule has 2 heterocycles. The van der Waals surface area contributed by atoms with Gasteiger partial charge in [0.1, 0.15) is 18.4 Å². The fraction of sp³-hybridized carbons (Fsp3) is 0.400. The van der Waals surface area contributed by atoms with E-state index in [0.717, 1.165) is 24.4 Å². The first-order valence-corrected chi connectivity index (χ1v) is 4.98. The Hall–Kier alpha value is -1.62. The molecule has 0 aliphatic heterocycles. The molecule has 0 saturated heterocycles. The number of nitrogens with one attached hydrogen (secondary N) is 1. The molecule has 5 nitrogen and oxygen atoms in total. The monoisotopic (exact) mass is 206 g/mol. The highest BCUT2D eigenvalue weighted by atomic mass is 16.3. The minimum absolute atomic E-state index is 0.706. The summed E-state index contributed by atoms with van der Waals surface area (Å²) in [6.45, 7) is 4.47. The van der Waals surface area contributed by atoms with Crippen LogP contribution in [0.3, 0.4) is 0 Å². The normalized spacial score (nSPS) is 10.7. The summed E-state index contributed by atoms with van der Waals surface area (Å²) >= 11 is 0. The van der Waals surface area contributed by atoms with Gasteiger partial charge in [-0.15, -0.1) is 0 Å². The van der Waals surface area contributed by atoms with E-state index in [1.54, 1.807) is 17.3 Å². The molecule has 0 aliphatic rings. The lowest BCUT2D eigenvalue weighted by Crippen LogP contribution is -2.13. The molecule has 0 saturated carbocycles. The second-order valence-electron chi connectivity index (χ2n) is 3.24. The van der Waals surface area contributed by atoms with Crippen molar-refractivity contribution < 1.29 is 4.42 Å². The topological polar surface area (TPSA) is 55.9 Å². The molecule has 2 aromatic heterocycles. The molecule has 5 heteroatoms. The van der Waals surface area contributed by atoms with E-state index in [0.29, 0.717) is 6.54 Å². The van der Waals surface area contributed by atoms with Gasteiger partial charge in [-0.3, -0.25) is 0 Å². The van der Waals surface area contributed by atoms with Gasteiger partial charge in [-0.05, 0) is 12.6 Å². The molecule has 0 aromatic carbocycles. The standard InChI is InChI=1S/C10H14N4O/c1-2-11-5-10-9(3-4-15-10)6-14-8-12-7-13-14/h3-4,7-8,11H,2,5-6H2,1H3. The van der Waals surface area contributed by atoms with Crippen LogP contribution in [0, 0.1) is 0 Å². The van der Waals surface area contributed by atoms with E-state index in [2.05, 4.69) is 22.3 Å². The number of rotatable bonds is 5. The SMILES string of the molecule is CCNCc1occc1Cn1cncn1. The molecule has 0 atom stereocenters. The lowest BCUT2D eigenvalue weighted by Gasteiger charge is -2.02. The van der Waals surface area contributed by atoms with E-state index in [4.69, 9.17) is 4.42 Å². The van der Waals surface area contributed by atoms with Crippen LogP contribution in [0.1, 0.15) is 18.2 Å². The van der Waals surface area contributed by atoms with Crippen molar-refractivity contribution in [3.63, 3.8) is 0 Å². The summed E-state index contributed by atoms with van der Waals surface area (Å²) in [6, 6.07) is 1.97. The average molecular weight is 206 g/mol. The van der Waals surface area contributed by atoms with Gasteiger partial charge in [0.15, 0.2) is 0 Å².